The van der Waals surface area contributed by atoms with Crippen LogP contribution in [0.2, 0.25) is 0 Å². The van der Waals surface area contributed by atoms with E-state index < -0.39 is 18.2 Å². The maximum Gasteiger partial charge on any atom is 0.325 e. The number of urea groups is 1. The van der Waals surface area contributed by atoms with E-state index in [0.717, 1.165) is 20.7 Å². The topological polar surface area (TPSA) is 94.0 Å². The molecule has 0 radical (unpaired) electrons. The van der Waals surface area contributed by atoms with Gasteiger partial charge in [0.2, 0.25) is 0 Å². The van der Waals surface area contributed by atoms with Gasteiger partial charge in [-0.05, 0) is 12.5 Å². The molecule has 0 bridgehead atoms. The fraction of sp³-hybridized carbons (Fsp3) is 0.421. The zero-order valence-electron chi connectivity index (χ0n) is 17.0. The molecule has 1 saturated heterocycles. The predicted molar refractivity (Wildman–Crippen MR) is 116 cm³/mol. The van der Waals surface area contributed by atoms with Crippen LogP contribution in [-0.2, 0) is 11.3 Å². The summed E-state index contributed by atoms with van der Waals surface area (Å²) >= 11 is 3.16. The van der Waals surface area contributed by atoms with Gasteiger partial charge in [0.1, 0.15) is 5.01 Å². The first-order chi connectivity index (χ1) is 14.4. The number of nitrogens with zero attached hydrogens (tertiary/aromatic N) is 6. The van der Waals surface area contributed by atoms with Gasteiger partial charge in [0.15, 0.2) is 22.5 Å². The number of guanidine groups is 1. The molecule has 3 heterocycles. The zero-order chi connectivity index (χ0) is 21.3. The Morgan fingerprint density at radius 1 is 1.23 bits per heavy atom. The fourth-order valence-electron chi connectivity index (χ4n) is 3.56. The predicted octanol–water partition coefficient (Wildman–Crippen LogP) is 1.62. The Hall–Kier alpha value is -2.66. The molecule has 2 aliphatic heterocycles. The summed E-state index contributed by atoms with van der Waals surface area (Å²) in [6.45, 7) is 3.17. The van der Waals surface area contributed by atoms with Crippen LogP contribution in [0, 0.1) is 6.92 Å². The quantitative estimate of drug-likeness (QED) is 0.675. The van der Waals surface area contributed by atoms with Gasteiger partial charge < -0.3 is 14.7 Å². The molecule has 2 aliphatic rings. The first-order valence-corrected chi connectivity index (χ1v) is 11.3. The molecule has 9 nitrogen and oxygen atoms in total. The lowest BCUT2D eigenvalue weighted by Gasteiger charge is -2.37. The highest BCUT2D eigenvalue weighted by Gasteiger charge is 2.49. The summed E-state index contributed by atoms with van der Waals surface area (Å²) in [6, 6.07) is 9.12. The molecule has 3 amide bonds. The van der Waals surface area contributed by atoms with Crippen LogP contribution in [0.5, 0.6) is 0 Å². The summed E-state index contributed by atoms with van der Waals surface area (Å²) in [7, 11) is 3.62. The molecule has 4 rings (SSSR count). The van der Waals surface area contributed by atoms with Crippen molar-refractivity contribution in [3.8, 4) is 0 Å². The summed E-state index contributed by atoms with van der Waals surface area (Å²) in [5, 5.41) is 11.6. The van der Waals surface area contributed by atoms with Crippen molar-refractivity contribution in [2.24, 2.45) is 4.99 Å². The summed E-state index contributed by atoms with van der Waals surface area (Å²) in [5.74, 6) is 1.12. The molecule has 1 aromatic carbocycles. The van der Waals surface area contributed by atoms with Crippen LogP contribution in [0.15, 0.2) is 39.7 Å². The smallest absolute Gasteiger partial charge is 0.325 e. The van der Waals surface area contributed by atoms with E-state index in [1.54, 1.807) is 30.1 Å². The summed E-state index contributed by atoms with van der Waals surface area (Å²) < 4.78 is 0.903. The van der Waals surface area contributed by atoms with E-state index in [-0.39, 0.29) is 5.91 Å². The van der Waals surface area contributed by atoms with Gasteiger partial charge in [0.25, 0.3) is 5.91 Å². The van der Waals surface area contributed by atoms with Gasteiger partial charge in [-0.15, -0.1) is 10.2 Å². The maximum absolute atomic E-state index is 12.7. The van der Waals surface area contributed by atoms with Crippen molar-refractivity contribution in [3.63, 3.8) is 0 Å². The molecule has 2 atom stereocenters. The second-order valence-corrected chi connectivity index (χ2v) is 9.69. The average Bonchev–Trinajstić information content (AvgIpc) is 3.31. The summed E-state index contributed by atoms with van der Waals surface area (Å²) in [5.41, 5.74) is 1.14. The molecule has 0 saturated carbocycles. The molecule has 158 valence electrons. The van der Waals surface area contributed by atoms with Crippen LogP contribution in [0.4, 0.5) is 4.79 Å². The number of hydrogen-bond acceptors (Lipinski definition) is 9. The van der Waals surface area contributed by atoms with Gasteiger partial charge in [-0.2, -0.15) is 0 Å². The zero-order valence-corrected chi connectivity index (χ0v) is 18.6. The van der Waals surface area contributed by atoms with Crippen LogP contribution >= 0.6 is 23.1 Å². The first kappa shape index (κ1) is 20.6. The van der Waals surface area contributed by atoms with Crippen LogP contribution in [0.1, 0.15) is 10.6 Å². The number of amides is 3. The molecule has 11 heteroatoms. The molecular weight excluding hydrogens is 422 g/mol. The van der Waals surface area contributed by atoms with Crippen molar-refractivity contribution in [1.82, 2.24) is 30.2 Å². The van der Waals surface area contributed by atoms with Crippen molar-refractivity contribution >= 4 is 41.0 Å². The Bertz CT molecular complexity index is 965. The number of imide groups is 1. The van der Waals surface area contributed by atoms with Gasteiger partial charge in [0, 0.05) is 32.9 Å². The highest BCUT2D eigenvalue weighted by atomic mass is 32.2. The molecule has 0 aliphatic carbocycles. The Labute approximate surface area is 183 Å². The summed E-state index contributed by atoms with van der Waals surface area (Å²) in [6.07, 6.45) is -0.534. The van der Waals surface area contributed by atoms with Gasteiger partial charge in [0.05, 0.1) is 0 Å². The van der Waals surface area contributed by atoms with E-state index in [2.05, 4.69) is 27.6 Å². The number of carbonyl (C=O) groups excluding carboxylic acids is 2. The molecular formula is C19H23N7O2S2. The molecule has 2 unspecified atom stereocenters. The lowest BCUT2D eigenvalue weighted by molar-refractivity contribution is -0.127. The third-order valence-electron chi connectivity index (χ3n) is 5.01. The fourth-order valence-corrected chi connectivity index (χ4v) is 5.39. The van der Waals surface area contributed by atoms with Crippen molar-refractivity contribution < 1.29 is 9.59 Å². The third-order valence-corrected chi connectivity index (χ3v) is 6.96. The lowest BCUT2D eigenvalue weighted by Crippen LogP contribution is -2.64. The maximum atomic E-state index is 12.7. The molecule has 30 heavy (non-hydrogen) atoms. The van der Waals surface area contributed by atoms with Crippen LogP contribution in [-0.4, -0.2) is 81.4 Å². The Morgan fingerprint density at radius 2 is 2.00 bits per heavy atom. The minimum absolute atomic E-state index is 0.313. The van der Waals surface area contributed by atoms with Crippen LogP contribution in [0.25, 0.3) is 0 Å². The van der Waals surface area contributed by atoms with E-state index in [4.69, 9.17) is 4.99 Å². The number of thioether (sulfide) groups is 1. The first-order valence-electron chi connectivity index (χ1n) is 9.54. The van der Waals surface area contributed by atoms with E-state index in [9.17, 15) is 9.59 Å². The van der Waals surface area contributed by atoms with Gasteiger partial charge in [-0.1, -0.05) is 53.4 Å². The Morgan fingerprint density at radius 3 is 2.70 bits per heavy atom. The number of aliphatic imine (C=N–C) groups is 1. The monoisotopic (exact) mass is 445 g/mol. The second kappa shape index (κ2) is 8.60. The van der Waals surface area contributed by atoms with Crippen molar-refractivity contribution in [3.05, 3.63) is 40.9 Å². The minimum atomic E-state index is -0.544. The number of rotatable bonds is 6. The highest BCUT2D eigenvalue weighted by Crippen LogP contribution is 2.27. The normalized spacial score (nSPS) is 20.8. The van der Waals surface area contributed by atoms with E-state index in [1.165, 1.54) is 4.90 Å². The number of likely N-dealkylation sites (N-methyl/N-ethyl adjacent to an activating group) is 1. The van der Waals surface area contributed by atoms with Gasteiger partial charge in [-0.3, -0.25) is 10.1 Å². The largest absolute Gasteiger partial charge is 0.341 e. The SMILES string of the molecule is Cc1nnc(SCCN2C(N(C)Cc3ccccc3)=NC3C2C(=O)NC(=O)N3C)s1. The van der Waals surface area contributed by atoms with Crippen LogP contribution < -0.4 is 5.32 Å². The molecule has 2 aromatic rings. The molecule has 1 aromatic heterocycles. The number of aromatic nitrogens is 2. The Balaban J connectivity index is 1.53. The van der Waals surface area contributed by atoms with Gasteiger partial charge in [-0.25, -0.2) is 9.79 Å². The van der Waals surface area contributed by atoms with E-state index in [1.807, 2.05) is 42.0 Å². The second-order valence-electron chi connectivity index (χ2n) is 7.16. The number of aryl methyl sites for hydroxylation is 1. The van der Waals surface area contributed by atoms with Gasteiger partial charge >= 0.3 is 6.03 Å². The van der Waals surface area contributed by atoms with E-state index in [0.29, 0.717) is 19.0 Å². The van der Waals surface area contributed by atoms with Crippen LogP contribution in [0.3, 0.4) is 0 Å². The number of benzene rings is 1. The van der Waals surface area contributed by atoms with Crippen molar-refractivity contribution in [2.75, 3.05) is 26.4 Å². The number of fused-ring (bicyclic) bond motifs is 1. The average molecular weight is 446 g/mol. The molecule has 1 fully saturated rings. The summed E-state index contributed by atoms with van der Waals surface area (Å²) in [4.78, 5) is 35.1. The number of nitrogens with one attached hydrogen (secondary N) is 1. The minimum Gasteiger partial charge on any atom is -0.341 e. The van der Waals surface area contributed by atoms with Crippen molar-refractivity contribution in [1.29, 1.82) is 0 Å². The van der Waals surface area contributed by atoms with E-state index >= 15 is 0 Å². The standard InChI is InChI=1S/C19H23N7O2S2/c1-12-22-23-19(30-12)29-10-9-26-14-15(25(3)18(28)21-16(14)27)20-17(26)24(2)11-13-7-5-4-6-8-13/h4-8,14-15H,9-11H2,1-3H3,(H,21,27,28). The highest BCUT2D eigenvalue weighted by molar-refractivity contribution is 8.01. The molecule has 0 spiro atoms. The number of carbonyl (C=O) groups is 2. The third kappa shape index (κ3) is 4.12. The van der Waals surface area contributed by atoms with Crippen molar-refractivity contribution in [2.45, 2.75) is 30.0 Å². The lowest BCUT2D eigenvalue weighted by atomic mass is 10.1. The Kier molecular flexibility index (Phi) is 5.91. The molecule has 1 N–H and O–H groups in total. The number of hydrogen-bond donors (Lipinski definition) is 1.